The smallest absolute Gasteiger partial charge is 0.151 e. The maximum absolute atomic E-state index is 14.2. The quantitative estimate of drug-likeness (QED) is 0.106. The van der Waals surface area contributed by atoms with Crippen molar-refractivity contribution in [2.45, 2.75) is 210 Å². The highest BCUT2D eigenvalue weighted by Gasteiger charge is 2.79. The molecule has 272 valence electrons. The van der Waals surface area contributed by atoms with Crippen LogP contribution in [0.3, 0.4) is 0 Å². The molecule has 5 aliphatic rings. The Morgan fingerprint density at radius 2 is 0.809 bits per heavy atom. The Hall–Kier alpha value is 0.170. The molecule has 0 aromatic carbocycles. The number of carbonyl (C=O) groups is 1. The van der Waals surface area contributed by atoms with Crippen LogP contribution in [0.5, 0.6) is 0 Å². The Morgan fingerprint density at radius 1 is 0.489 bits per heavy atom. The van der Waals surface area contributed by atoms with Crippen LogP contribution in [0.15, 0.2) is 0 Å². The van der Waals surface area contributed by atoms with Gasteiger partial charge >= 0.3 is 0 Å². The number of halogens is 2. The minimum absolute atomic E-state index is 0.450. The largest absolute Gasteiger partial charge is 0.378 e. The van der Waals surface area contributed by atoms with Gasteiger partial charge in [-0.15, -0.1) is 0 Å². The molecule has 2 spiro atoms. The third kappa shape index (κ3) is 8.98. The number of hydrogen-bond donors (Lipinski definition) is 0. The van der Waals surface area contributed by atoms with Crippen molar-refractivity contribution >= 4 is 29.0 Å². The van der Waals surface area contributed by atoms with E-state index in [1.165, 1.54) is 128 Å². The Bertz CT molecular complexity index is 833. The molecule has 5 aliphatic carbocycles. The molecule has 0 heterocycles. The number of carbonyl (C=O) groups excluding carboxylic acids is 1. The first kappa shape index (κ1) is 38.4. The summed E-state index contributed by atoms with van der Waals surface area (Å²) in [5.41, 5.74) is -0.968. The summed E-state index contributed by atoms with van der Waals surface area (Å²) in [6.45, 7) is 6.45. The van der Waals surface area contributed by atoms with Crippen LogP contribution in [0.2, 0.25) is 0 Å². The molecule has 47 heavy (non-hydrogen) atoms. The van der Waals surface area contributed by atoms with Gasteiger partial charge in [0.1, 0.15) is 4.33 Å². The molecule has 0 amide bonds. The van der Waals surface area contributed by atoms with Gasteiger partial charge in [-0.05, 0) is 139 Å². The van der Waals surface area contributed by atoms with Crippen LogP contribution in [0.4, 0.5) is 0 Å². The maximum atomic E-state index is 14.2. The summed E-state index contributed by atoms with van der Waals surface area (Å²) in [5.74, 6) is 3.49. The molecule has 3 nitrogen and oxygen atoms in total. The Balaban J connectivity index is 0.977. The van der Waals surface area contributed by atoms with Crippen molar-refractivity contribution in [2.75, 3.05) is 13.2 Å². The van der Waals surface area contributed by atoms with Crippen LogP contribution in [-0.4, -0.2) is 35.5 Å². The number of ketones is 1. The molecule has 5 fully saturated rings. The van der Waals surface area contributed by atoms with Crippen molar-refractivity contribution < 1.29 is 14.3 Å². The lowest BCUT2D eigenvalue weighted by molar-refractivity contribution is -0.173. The highest BCUT2D eigenvalue weighted by molar-refractivity contribution is 6.55. The first-order chi connectivity index (χ1) is 22.9. The predicted molar refractivity (Wildman–Crippen MR) is 198 cm³/mol. The van der Waals surface area contributed by atoms with Crippen LogP contribution in [-0.2, 0) is 14.3 Å². The van der Waals surface area contributed by atoms with Gasteiger partial charge in [-0.1, -0.05) is 101 Å². The summed E-state index contributed by atoms with van der Waals surface area (Å²) in [5, 5.41) is 0. The molecule has 0 N–H and O–H groups in total. The Kier molecular flexibility index (Phi) is 15.2. The number of unbranched alkanes of at least 4 members (excludes halogenated alkanes) is 10. The van der Waals surface area contributed by atoms with Gasteiger partial charge < -0.3 is 9.47 Å². The fourth-order valence-electron chi connectivity index (χ4n) is 11.1. The van der Waals surface area contributed by atoms with Crippen molar-refractivity contribution in [3.8, 4) is 0 Å². The molecule has 0 atom stereocenters. The molecular weight excluding hydrogens is 623 g/mol. The number of hydrogen-bond acceptors (Lipinski definition) is 3. The van der Waals surface area contributed by atoms with Crippen LogP contribution in [0, 0.1) is 34.5 Å². The lowest BCUT2D eigenvalue weighted by Gasteiger charge is -2.67. The predicted octanol–water partition coefficient (Wildman–Crippen LogP) is 13.0. The number of alkyl halides is 2. The highest BCUT2D eigenvalue weighted by atomic mass is 35.5. The van der Waals surface area contributed by atoms with E-state index in [1.807, 2.05) is 0 Å². The molecule has 0 radical (unpaired) electrons. The van der Waals surface area contributed by atoms with Crippen LogP contribution >= 0.6 is 23.2 Å². The van der Waals surface area contributed by atoms with Gasteiger partial charge in [0.05, 0.1) is 23.0 Å². The van der Waals surface area contributed by atoms with Gasteiger partial charge in [0.2, 0.25) is 0 Å². The summed E-state index contributed by atoms with van der Waals surface area (Å²) in [6.07, 6.45) is 35.0. The zero-order chi connectivity index (χ0) is 33.2. The first-order valence-electron chi connectivity index (χ1n) is 21.0. The Morgan fingerprint density at radius 3 is 1.15 bits per heavy atom. The van der Waals surface area contributed by atoms with Gasteiger partial charge in [-0.25, -0.2) is 0 Å². The first-order valence-corrected chi connectivity index (χ1v) is 21.8. The van der Waals surface area contributed by atoms with Gasteiger partial charge in [-0.3, -0.25) is 4.79 Å². The minimum Gasteiger partial charge on any atom is -0.378 e. The second-order valence-corrected chi connectivity index (χ2v) is 18.4. The van der Waals surface area contributed by atoms with Crippen LogP contribution in [0.1, 0.15) is 194 Å². The van der Waals surface area contributed by atoms with Gasteiger partial charge in [0.25, 0.3) is 0 Å². The third-order valence-electron chi connectivity index (χ3n) is 14.3. The molecule has 0 unspecified atom stereocenters. The van der Waals surface area contributed by atoms with Crippen molar-refractivity contribution in [3.63, 3.8) is 0 Å². The summed E-state index contributed by atoms with van der Waals surface area (Å²) >= 11 is 14.8. The molecule has 5 heteroatoms. The van der Waals surface area contributed by atoms with E-state index in [4.69, 9.17) is 32.7 Å². The van der Waals surface area contributed by atoms with E-state index in [2.05, 4.69) is 13.8 Å². The summed E-state index contributed by atoms with van der Waals surface area (Å²) in [4.78, 5) is 14.2. The normalized spacial score (nSPS) is 37.3. The fraction of sp³-hybridized carbons (Fsp3) is 0.976. The molecule has 5 saturated carbocycles. The number of rotatable bonds is 18. The van der Waals surface area contributed by atoms with Crippen LogP contribution < -0.4 is 0 Å². The molecule has 0 saturated heterocycles. The van der Waals surface area contributed by atoms with E-state index in [0.29, 0.717) is 18.0 Å². The topological polar surface area (TPSA) is 35.5 Å². The lowest BCUT2D eigenvalue weighted by Crippen LogP contribution is -2.74. The van der Waals surface area contributed by atoms with E-state index in [0.717, 1.165) is 88.3 Å². The molecule has 0 bridgehead atoms. The van der Waals surface area contributed by atoms with Crippen molar-refractivity contribution in [1.29, 1.82) is 0 Å². The summed E-state index contributed by atoms with van der Waals surface area (Å²) in [6, 6.07) is 0. The second-order valence-electron chi connectivity index (χ2n) is 17.1. The summed E-state index contributed by atoms with van der Waals surface area (Å²) in [7, 11) is 0. The second kappa shape index (κ2) is 18.6. The third-order valence-corrected chi connectivity index (χ3v) is 15.8. The molecule has 0 aromatic rings. The zero-order valence-electron chi connectivity index (χ0n) is 30.7. The highest BCUT2D eigenvalue weighted by Crippen LogP contribution is 2.75. The van der Waals surface area contributed by atoms with Gasteiger partial charge in [-0.2, -0.15) is 0 Å². The summed E-state index contributed by atoms with van der Waals surface area (Å²) < 4.78 is 11.7. The SMILES string of the molecule is CCCCCCCCOC1CCC(C2CCC3(CC2)C(=O)C2(CCC(C4CCC(OCCCCCCCC)CC4)CC2)C3(Cl)Cl)CC1. The average molecular weight is 696 g/mol. The molecular formula is C42H72Cl2O3. The van der Waals surface area contributed by atoms with E-state index in [1.54, 1.807) is 0 Å². The van der Waals surface area contributed by atoms with E-state index >= 15 is 0 Å². The van der Waals surface area contributed by atoms with Gasteiger partial charge in [0.15, 0.2) is 5.78 Å². The fourth-order valence-corrected chi connectivity index (χ4v) is 12.2. The minimum atomic E-state index is -0.878. The molecule has 5 rings (SSSR count). The monoisotopic (exact) mass is 694 g/mol. The van der Waals surface area contributed by atoms with Gasteiger partial charge in [0, 0.05) is 13.2 Å². The average Bonchev–Trinajstić information content (AvgIpc) is 3.11. The number of Topliss-reactive ketones (excluding diaryl/α,β-unsaturated/α-hetero) is 1. The Labute approximate surface area is 300 Å². The molecule has 0 aliphatic heterocycles. The van der Waals surface area contributed by atoms with Crippen molar-refractivity contribution in [3.05, 3.63) is 0 Å². The zero-order valence-corrected chi connectivity index (χ0v) is 32.2. The van der Waals surface area contributed by atoms with Crippen molar-refractivity contribution in [1.82, 2.24) is 0 Å². The maximum Gasteiger partial charge on any atom is 0.151 e. The lowest BCUT2D eigenvalue weighted by atomic mass is 9.41. The standard InChI is InChI=1S/C42H72Cl2O3/c1-3-5-7-9-11-13-31-46-37-19-15-33(16-20-37)35-23-27-40(28-24-35)39(45)41(42(40,43)44)29-25-36(26-30-41)34-17-21-38(22-18-34)47-32-14-12-10-8-6-4-2/h33-38H,3-32H2,1-2H3. The van der Waals surface area contributed by atoms with Crippen LogP contribution in [0.25, 0.3) is 0 Å². The molecule has 0 aromatic heterocycles. The van der Waals surface area contributed by atoms with Crippen molar-refractivity contribution in [2.24, 2.45) is 34.5 Å². The van der Waals surface area contributed by atoms with E-state index in [-0.39, 0.29) is 0 Å². The number of ether oxygens (including phenoxy) is 2. The van der Waals surface area contributed by atoms with E-state index in [9.17, 15) is 4.79 Å². The van der Waals surface area contributed by atoms with E-state index < -0.39 is 15.2 Å².